The summed E-state index contributed by atoms with van der Waals surface area (Å²) in [5, 5.41) is 17.1. The maximum atomic E-state index is 10.1. The highest BCUT2D eigenvalue weighted by atomic mass is 16.3. The molecule has 0 fully saturated rings. The van der Waals surface area contributed by atoms with E-state index in [1.54, 1.807) is 0 Å². The first-order valence-corrected chi connectivity index (χ1v) is 12.7. The molecule has 0 radical (unpaired) electrons. The minimum absolute atomic E-state index is 0.329. The molecule has 186 valence electrons. The van der Waals surface area contributed by atoms with Gasteiger partial charge in [0.2, 0.25) is 0 Å². The van der Waals surface area contributed by atoms with Crippen molar-refractivity contribution in [1.82, 2.24) is 0 Å². The normalized spacial score (nSPS) is 11.8. The van der Waals surface area contributed by atoms with Gasteiger partial charge in [-0.2, -0.15) is 0 Å². The van der Waals surface area contributed by atoms with Gasteiger partial charge >= 0.3 is 0 Å². The first-order valence-electron chi connectivity index (χ1n) is 12.7. The monoisotopic (exact) mass is 440 g/mol. The molecule has 0 heterocycles. The van der Waals surface area contributed by atoms with Gasteiger partial charge in [0.25, 0.3) is 0 Å². The van der Waals surface area contributed by atoms with Gasteiger partial charge in [0.15, 0.2) is 0 Å². The van der Waals surface area contributed by atoms with Crippen LogP contribution in [-0.4, -0.2) is 29.7 Å². The third kappa shape index (κ3) is 40.0. The Kier molecular flexibility index (Phi) is 32.5. The third-order valence-corrected chi connectivity index (χ3v) is 5.06. The Morgan fingerprint density at radius 1 is 0.710 bits per heavy atom. The van der Waals surface area contributed by atoms with Crippen LogP contribution < -0.4 is 0 Å². The number of carbonyl (C=O) groups excluding carboxylic acids is 1. The quantitative estimate of drug-likeness (QED) is 0.145. The standard InChI is InChI=1S/C10H20O.C10H18O.C8H18O/c2*1-9(2)5-4-6-10(3)7-8-11;1-2-3-4-5-6-7-8-9/h5,10-11H,4,6-8H2,1-3H3;5,8,10H,4,6-7H2,1-3H3;9H,2-8H2,1H3. The Labute approximate surface area is 195 Å². The smallest absolute Gasteiger partial charge is 0.120 e. The van der Waals surface area contributed by atoms with E-state index >= 15 is 0 Å². The number of unbranched alkanes of at least 4 members (excludes halogenated alkanes) is 5. The summed E-state index contributed by atoms with van der Waals surface area (Å²) in [6.07, 6.45) is 19.2. The van der Waals surface area contributed by atoms with Crippen LogP contribution >= 0.6 is 0 Å². The SMILES string of the molecule is CC(C)=CCCC(C)CC=O.CC(C)=CCCC(C)CCO.CCCCCCCCO. The number of rotatable bonds is 16. The van der Waals surface area contributed by atoms with Crippen LogP contribution in [-0.2, 0) is 4.79 Å². The number of aliphatic hydroxyl groups excluding tert-OH is 2. The Hall–Kier alpha value is -0.930. The zero-order valence-electron chi connectivity index (χ0n) is 22.1. The molecule has 0 aliphatic rings. The molecular formula is C28H56O3. The molecule has 2 unspecified atom stereocenters. The molecule has 0 aromatic rings. The van der Waals surface area contributed by atoms with E-state index in [9.17, 15) is 4.79 Å². The van der Waals surface area contributed by atoms with Crippen molar-refractivity contribution < 1.29 is 15.0 Å². The summed E-state index contributed by atoms with van der Waals surface area (Å²) in [6, 6.07) is 0. The van der Waals surface area contributed by atoms with Crippen LogP contribution in [0.3, 0.4) is 0 Å². The van der Waals surface area contributed by atoms with Crippen molar-refractivity contribution in [3.8, 4) is 0 Å². The first kappa shape index (κ1) is 34.7. The predicted octanol–water partition coefficient (Wildman–Crippen LogP) is 8.05. The molecule has 0 spiro atoms. The van der Waals surface area contributed by atoms with E-state index in [0.29, 0.717) is 31.5 Å². The molecule has 0 amide bonds. The van der Waals surface area contributed by atoms with Crippen molar-refractivity contribution in [1.29, 1.82) is 0 Å². The maximum Gasteiger partial charge on any atom is 0.120 e. The second-order valence-electron chi connectivity index (χ2n) is 9.33. The lowest BCUT2D eigenvalue weighted by atomic mass is 10.0. The van der Waals surface area contributed by atoms with E-state index in [4.69, 9.17) is 10.2 Å². The second kappa shape index (κ2) is 29.1. The topological polar surface area (TPSA) is 57.5 Å². The van der Waals surface area contributed by atoms with Crippen molar-refractivity contribution in [3.05, 3.63) is 23.3 Å². The first-order chi connectivity index (χ1) is 14.7. The van der Waals surface area contributed by atoms with E-state index < -0.39 is 0 Å². The summed E-state index contributed by atoms with van der Waals surface area (Å²) in [5.41, 5.74) is 2.75. The van der Waals surface area contributed by atoms with Crippen molar-refractivity contribution in [2.45, 2.75) is 126 Å². The molecule has 0 aliphatic heterocycles. The van der Waals surface area contributed by atoms with Crippen LogP contribution in [0, 0.1) is 11.8 Å². The van der Waals surface area contributed by atoms with E-state index in [1.807, 2.05) is 0 Å². The summed E-state index contributed by atoms with van der Waals surface area (Å²) >= 11 is 0. The van der Waals surface area contributed by atoms with Gasteiger partial charge in [-0.05, 0) is 78.1 Å². The highest BCUT2D eigenvalue weighted by molar-refractivity contribution is 5.49. The van der Waals surface area contributed by atoms with Crippen LogP contribution in [0.5, 0.6) is 0 Å². The fourth-order valence-corrected chi connectivity index (χ4v) is 2.85. The number of carbonyl (C=O) groups is 1. The summed E-state index contributed by atoms with van der Waals surface area (Å²) in [6.45, 7) is 15.7. The van der Waals surface area contributed by atoms with Gasteiger partial charge in [-0.3, -0.25) is 0 Å². The molecular weight excluding hydrogens is 384 g/mol. The van der Waals surface area contributed by atoms with Crippen molar-refractivity contribution in [2.75, 3.05) is 13.2 Å². The molecule has 0 rings (SSSR count). The van der Waals surface area contributed by atoms with Crippen molar-refractivity contribution in [3.63, 3.8) is 0 Å². The van der Waals surface area contributed by atoms with E-state index in [1.165, 1.54) is 49.7 Å². The number of aldehydes is 1. The lowest BCUT2D eigenvalue weighted by Crippen LogP contribution is -1.96. The Morgan fingerprint density at radius 3 is 1.61 bits per heavy atom. The zero-order valence-corrected chi connectivity index (χ0v) is 22.1. The van der Waals surface area contributed by atoms with Gasteiger partial charge in [0, 0.05) is 19.6 Å². The zero-order chi connectivity index (χ0) is 24.3. The minimum Gasteiger partial charge on any atom is -0.396 e. The minimum atomic E-state index is 0.329. The van der Waals surface area contributed by atoms with Crippen LogP contribution in [0.1, 0.15) is 126 Å². The highest BCUT2D eigenvalue weighted by Gasteiger charge is 1.99. The molecule has 3 heteroatoms. The fourth-order valence-electron chi connectivity index (χ4n) is 2.85. The molecule has 2 N–H and O–H groups in total. The van der Waals surface area contributed by atoms with Gasteiger partial charge in [-0.25, -0.2) is 0 Å². The number of aliphatic hydroxyl groups is 2. The molecule has 31 heavy (non-hydrogen) atoms. The maximum absolute atomic E-state index is 10.1. The number of hydrogen-bond donors (Lipinski definition) is 2. The van der Waals surface area contributed by atoms with Gasteiger partial charge in [-0.1, -0.05) is 76.2 Å². The molecule has 0 aromatic carbocycles. The molecule has 2 atom stereocenters. The van der Waals surface area contributed by atoms with E-state index in [2.05, 4.69) is 60.6 Å². The van der Waals surface area contributed by atoms with Crippen LogP contribution in [0.25, 0.3) is 0 Å². The number of hydrogen-bond acceptors (Lipinski definition) is 3. The van der Waals surface area contributed by atoms with E-state index in [-0.39, 0.29) is 0 Å². The second-order valence-corrected chi connectivity index (χ2v) is 9.33. The summed E-state index contributed by atoms with van der Waals surface area (Å²) in [7, 11) is 0. The van der Waals surface area contributed by atoms with Crippen molar-refractivity contribution >= 4 is 6.29 Å². The third-order valence-electron chi connectivity index (χ3n) is 5.06. The fraction of sp³-hybridized carbons (Fsp3) is 0.821. The van der Waals surface area contributed by atoms with Gasteiger partial charge < -0.3 is 15.0 Å². The Balaban J connectivity index is -0.000000382. The lowest BCUT2D eigenvalue weighted by Gasteiger charge is -2.06. The molecule has 0 saturated carbocycles. The Bertz CT molecular complexity index is 398. The number of allylic oxidation sites excluding steroid dienone is 4. The molecule has 0 bridgehead atoms. The van der Waals surface area contributed by atoms with Gasteiger partial charge in [0.05, 0.1) is 0 Å². The van der Waals surface area contributed by atoms with Crippen LogP contribution in [0.15, 0.2) is 23.3 Å². The lowest BCUT2D eigenvalue weighted by molar-refractivity contribution is -0.108. The molecule has 3 nitrogen and oxygen atoms in total. The summed E-state index contributed by atoms with van der Waals surface area (Å²) in [5.74, 6) is 1.21. The van der Waals surface area contributed by atoms with Gasteiger partial charge in [-0.15, -0.1) is 0 Å². The molecule has 0 aromatic heterocycles. The van der Waals surface area contributed by atoms with Gasteiger partial charge in [0.1, 0.15) is 6.29 Å². The largest absolute Gasteiger partial charge is 0.396 e. The predicted molar refractivity (Wildman–Crippen MR) is 139 cm³/mol. The average Bonchev–Trinajstić information content (AvgIpc) is 2.69. The average molecular weight is 441 g/mol. The van der Waals surface area contributed by atoms with Crippen LogP contribution in [0.4, 0.5) is 0 Å². The van der Waals surface area contributed by atoms with Crippen LogP contribution in [0.2, 0.25) is 0 Å². The molecule has 0 saturated heterocycles. The highest BCUT2D eigenvalue weighted by Crippen LogP contribution is 2.11. The summed E-state index contributed by atoms with van der Waals surface area (Å²) < 4.78 is 0. The van der Waals surface area contributed by atoms with E-state index in [0.717, 1.165) is 38.4 Å². The van der Waals surface area contributed by atoms with Crippen molar-refractivity contribution in [2.24, 2.45) is 11.8 Å². The summed E-state index contributed by atoms with van der Waals surface area (Å²) in [4.78, 5) is 10.1. The molecule has 0 aliphatic carbocycles. The Morgan fingerprint density at radius 2 is 1.19 bits per heavy atom.